The zero-order chi connectivity index (χ0) is 15.7. The first-order valence-electron chi connectivity index (χ1n) is 7.29. The first-order chi connectivity index (χ1) is 10.1. The number of aryl methyl sites for hydroxylation is 1. The van der Waals surface area contributed by atoms with Crippen LogP contribution in [0.1, 0.15) is 17.5 Å². The molecule has 1 amide bonds. The predicted octanol–water partition coefficient (Wildman–Crippen LogP) is 1.30. The van der Waals surface area contributed by atoms with Gasteiger partial charge in [-0.2, -0.15) is 0 Å². The van der Waals surface area contributed by atoms with E-state index in [1.165, 1.54) is 11.1 Å². The number of rotatable bonds is 9. The van der Waals surface area contributed by atoms with Crippen LogP contribution in [0, 0.1) is 6.92 Å². The highest BCUT2D eigenvalue weighted by Crippen LogP contribution is 2.18. The van der Waals surface area contributed by atoms with Gasteiger partial charge in [-0.3, -0.25) is 4.79 Å². The van der Waals surface area contributed by atoms with E-state index in [-0.39, 0.29) is 5.91 Å². The van der Waals surface area contributed by atoms with Gasteiger partial charge in [-0.25, -0.2) is 0 Å². The lowest BCUT2D eigenvalue weighted by atomic mass is 10.1. The molecule has 0 fully saturated rings. The summed E-state index contributed by atoms with van der Waals surface area (Å²) < 4.78 is 5.01. The van der Waals surface area contributed by atoms with E-state index in [0.29, 0.717) is 13.0 Å². The Bertz CT molecular complexity index is 449. The van der Waals surface area contributed by atoms with Crippen molar-refractivity contribution in [3.8, 4) is 0 Å². The topological polar surface area (TPSA) is 53.6 Å². The molecule has 1 rings (SSSR count). The molecule has 0 saturated heterocycles. The molecule has 118 valence electrons. The summed E-state index contributed by atoms with van der Waals surface area (Å²) in [6, 6.07) is 6.40. The van der Waals surface area contributed by atoms with Gasteiger partial charge in [0.25, 0.3) is 0 Å². The van der Waals surface area contributed by atoms with Gasteiger partial charge in [-0.1, -0.05) is 6.07 Å². The number of ether oxygens (including phenoxy) is 1. The Morgan fingerprint density at radius 2 is 2.14 bits per heavy atom. The fraction of sp³-hybridized carbons (Fsp3) is 0.562. The van der Waals surface area contributed by atoms with Gasteiger partial charge in [0.2, 0.25) is 5.91 Å². The van der Waals surface area contributed by atoms with Gasteiger partial charge in [0.15, 0.2) is 0 Å². The van der Waals surface area contributed by atoms with Crippen molar-refractivity contribution >= 4 is 11.6 Å². The molecule has 0 aliphatic heterocycles. The van der Waals surface area contributed by atoms with E-state index in [0.717, 1.165) is 25.4 Å². The Kier molecular flexibility index (Phi) is 7.79. The zero-order valence-corrected chi connectivity index (χ0v) is 13.5. The summed E-state index contributed by atoms with van der Waals surface area (Å²) in [5.74, 6) is 0.0672. The van der Waals surface area contributed by atoms with Gasteiger partial charge in [-0.05, 0) is 30.2 Å². The maximum absolute atomic E-state index is 11.3. The number of carbonyl (C=O) groups is 1. The molecule has 0 unspecified atom stereocenters. The Hall–Kier alpha value is -1.59. The minimum atomic E-state index is 0.0672. The van der Waals surface area contributed by atoms with Crippen molar-refractivity contribution in [2.24, 2.45) is 0 Å². The van der Waals surface area contributed by atoms with E-state index in [2.05, 4.69) is 40.7 Å². The largest absolute Gasteiger partial charge is 0.383 e. The van der Waals surface area contributed by atoms with E-state index < -0.39 is 0 Å². The first kappa shape index (κ1) is 17.5. The SMILES string of the molecule is CNC(=O)CCN(C)c1ccc(CNCCOC)c(C)c1. The van der Waals surface area contributed by atoms with Gasteiger partial charge in [0, 0.05) is 52.9 Å². The Labute approximate surface area is 127 Å². The molecule has 0 aliphatic rings. The van der Waals surface area contributed by atoms with Crippen molar-refractivity contribution in [1.82, 2.24) is 10.6 Å². The minimum Gasteiger partial charge on any atom is -0.383 e. The first-order valence-corrected chi connectivity index (χ1v) is 7.29. The molecule has 5 nitrogen and oxygen atoms in total. The lowest BCUT2D eigenvalue weighted by molar-refractivity contribution is -0.120. The fourth-order valence-corrected chi connectivity index (χ4v) is 2.04. The maximum atomic E-state index is 11.3. The van der Waals surface area contributed by atoms with E-state index in [1.54, 1.807) is 14.2 Å². The average Bonchev–Trinajstić information content (AvgIpc) is 2.49. The molecule has 0 saturated carbocycles. The smallest absolute Gasteiger partial charge is 0.221 e. The molecule has 21 heavy (non-hydrogen) atoms. The molecule has 0 spiro atoms. The maximum Gasteiger partial charge on any atom is 0.221 e. The quantitative estimate of drug-likeness (QED) is 0.674. The summed E-state index contributed by atoms with van der Waals surface area (Å²) in [4.78, 5) is 13.4. The zero-order valence-electron chi connectivity index (χ0n) is 13.5. The number of amides is 1. The summed E-state index contributed by atoms with van der Waals surface area (Å²) in [5, 5.41) is 5.99. The van der Waals surface area contributed by atoms with Gasteiger partial charge >= 0.3 is 0 Å². The number of carbonyl (C=O) groups excluding carboxylic acids is 1. The summed E-state index contributed by atoms with van der Waals surface area (Å²) in [5.41, 5.74) is 3.68. The van der Waals surface area contributed by atoms with Crippen molar-refractivity contribution in [3.05, 3.63) is 29.3 Å². The normalized spacial score (nSPS) is 10.5. The van der Waals surface area contributed by atoms with Gasteiger partial charge < -0.3 is 20.3 Å². The van der Waals surface area contributed by atoms with Crippen LogP contribution in [0.5, 0.6) is 0 Å². The van der Waals surface area contributed by atoms with Crippen molar-refractivity contribution in [1.29, 1.82) is 0 Å². The molecule has 5 heteroatoms. The van der Waals surface area contributed by atoms with Crippen LogP contribution in [-0.4, -0.2) is 46.8 Å². The monoisotopic (exact) mass is 293 g/mol. The van der Waals surface area contributed by atoms with Crippen molar-refractivity contribution in [2.75, 3.05) is 45.8 Å². The van der Waals surface area contributed by atoms with E-state index >= 15 is 0 Å². The molecule has 0 bridgehead atoms. The van der Waals surface area contributed by atoms with Crippen molar-refractivity contribution in [3.63, 3.8) is 0 Å². The van der Waals surface area contributed by atoms with Crippen LogP contribution >= 0.6 is 0 Å². The highest BCUT2D eigenvalue weighted by Gasteiger charge is 2.06. The number of methoxy groups -OCH3 is 1. The molecule has 0 heterocycles. The number of benzene rings is 1. The molecule has 0 aliphatic carbocycles. The number of hydrogen-bond donors (Lipinski definition) is 2. The Morgan fingerprint density at radius 3 is 2.76 bits per heavy atom. The van der Waals surface area contributed by atoms with E-state index in [9.17, 15) is 4.79 Å². The molecule has 1 aromatic rings. The third kappa shape index (κ3) is 6.14. The van der Waals surface area contributed by atoms with Crippen LogP contribution in [0.15, 0.2) is 18.2 Å². The van der Waals surface area contributed by atoms with Crippen LogP contribution in [0.25, 0.3) is 0 Å². The number of nitrogens with one attached hydrogen (secondary N) is 2. The van der Waals surface area contributed by atoms with Crippen LogP contribution in [-0.2, 0) is 16.1 Å². The van der Waals surface area contributed by atoms with Gasteiger partial charge in [0.1, 0.15) is 0 Å². The van der Waals surface area contributed by atoms with E-state index in [1.807, 2.05) is 7.05 Å². The molecule has 0 atom stereocenters. The molecular formula is C16H27N3O2. The molecular weight excluding hydrogens is 266 g/mol. The van der Waals surface area contributed by atoms with Gasteiger partial charge in [-0.15, -0.1) is 0 Å². The second-order valence-electron chi connectivity index (χ2n) is 5.13. The van der Waals surface area contributed by atoms with Crippen LogP contribution < -0.4 is 15.5 Å². The van der Waals surface area contributed by atoms with E-state index in [4.69, 9.17) is 4.74 Å². The Balaban J connectivity index is 2.54. The molecule has 0 aromatic heterocycles. The molecule has 1 aromatic carbocycles. The van der Waals surface area contributed by atoms with Crippen LogP contribution in [0.3, 0.4) is 0 Å². The van der Waals surface area contributed by atoms with Crippen LogP contribution in [0.4, 0.5) is 5.69 Å². The predicted molar refractivity (Wildman–Crippen MR) is 86.7 cm³/mol. The van der Waals surface area contributed by atoms with Gasteiger partial charge in [0.05, 0.1) is 6.61 Å². The standard InChI is InChI=1S/C16H27N3O2/c1-13-11-15(19(3)9-7-16(20)17-2)6-5-14(13)12-18-8-10-21-4/h5-6,11,18H,7-10,12H2,1-4H3,(H,17,20). The van der Waals surface area contributed by atoms with Crippen molar-refractivity contribution < 1.29 is 9.53 Å². The summed E-state index contributed by atoms with van der Waals surface area (Å²) in [6.07, 6.45) is 0.506. The minimum absolute atomic E-state index is 0.0672. The lowest BCUT2D eigenvalue weighted by Gasteiger charge is -2.20. The molecule has 0 radical (unpaired) electrons. The third-order valence-corrected chi connectivity index (χ3v) is 3.52. The number of hydrogen-bond acceptors (Lipinski definition) is 4. The fourth-order valence-electron chi connectivity index (χ4n) is 2.04. The second kappa shape index (κ2) is 9.37. The second-order valence-corrected chi connectivity index (χ2v) is 5.13. The highest BCUT2D eigenvalue weighted by molar-refractivity contribution is 5.76. The third-order valence-electron chi connectivity index (χ3n) is 3.52. The summed E-state index contributed by atoms with van der Waals surface area (Å²) in [6.45, 7) is 5.24. The lowest BCUT2D eigenvalue weighted by Crippen LogP contribution is -2.26. The number of nitrogens with zero attached hydrogens (tertiary/aromatic N) is 1. The summed E-state index contributed by atoms with van der Waals surface area (Å²) in [7, 11) is 5.38. The number of anilines is 1. The highest BCUT2D eigenvalue weighted by atomic mass is 16.5. The van der Waals surface area contributed by atoms with Crippen molar-refractivity contribution in [2.45, 2.75) is 19.9 Å². The average molecular weight is 293 g/mol. The van der Waals surface area contributed by atoms with Crippen LogP contribution in [0.2, 0.25) is 0 Å². The molecule has 2 N–H and O–H groups in total. The summed E-state index contributed by atoms with van der Waals surface area (Å²) >= 11 is 0. The Morgan fingerprint density at radius 1 is 1.38 bits per heavy atom.